The summed E-state index contributed by atoms with van der Waals surface area (Å²) in [5.74, 6) is 0. The lowest BCUT2D eigenvalue weighted by Gasteiger charge is -1.82. The van der Waals surface area contributed by atoms with Gasteiger partial charge in [-0.1, -0.05) is 0 Å². The highest BCUT2D eigenvalue weighted by molar-refractivity contribution is 8.00. The smallest absolute Gasteiger partial charge is 0.142 e. The van der Waals surface area contributed by atoms with Crippen LogP contribution in [0, 0.1) is 0 Å². The zero-order chi connectivity index (χ0) is 6.41. The first-order chi connectivity index (χ1) is 3.81. The molecule has 2 nitrogen and oxygen atoms in total. The van der Waals surface area contributed by atoms with Crippen LogP contribution < -0.4 is 0 Å². The predicted octanol–water partition coefficient (Wildman–Crippen LogP) is 1.83. The molecular formula is C4H10O2PS+. The van der Waals surface area contributed by atoms with Crippen LogP contribution in [0.15, 0.2) is 0 Å². The second-order valence-corrected chi connectivity index (χ2v) is 2.92. The van der Waals surface area contributed by atoms with Gasteiger partial charge in [0.2, 0.25) is 11.8 Å². The van der Waals surface area contributed by atoms with E-state index in [0.717, 1.165) is 0 Å². The Labute approximate surface area is 55.8 Å². The van der Waals surface area contributed by atoms with Gasteiger partial charge in [-0.3, -0.25) is 0 Å². The zero-order valence-corrected chi connectivity index (χ0v) is 6.80. The van der Waals surface area contributed by atoms with Crippen LogP contribution >= 0.6 is 7.15 Å². The van der Waals surface area contributed by atoms with E-state index < -0.39 is 7.15 Å². The maximum absolute atomic E-state index is 4.94. The third-order valence-corrected chi connectivity index (χ3v) is 2.04. The molecular weight excluding hydrogens is 143 g/mol. The predicted molar refractivity (Wildman–Crippen MR) is 37.5 cm³/mol. The average Bonchev–Trinajstić information content (AvgIpc) is 1.68. The first kappa shape index (κ1) is 8.44. The minimum absolute atomic E-state index is 0.648. The van der Waals surface area contributed by atoms with Crippen LogP contribution in [0.5, 0.6) is 0 Å². The summed E-state index contributed by atoms with van der Waals surface area (Å²) in [6, 6.07) is 0. The van der Waals surface area contributed by atoms with Gasteiger partial charge in [-0.15, -0.1) is 9.05 Å². The van der Waals surface area contributed by atoms with Crippen molar-refractivity contribution < 1.29 is 9.05 Å². The minimum Gasteiger partial charge on any atom is -0.142 e. The summed E-state index contributed by atoms with van der Waals surface area (Å²) in [5, 5.41) is 0. The highest BCUT2D eigenvalue weighted by Crippen LogP contribution is 2.22. The number of hydrogen-bond donors (Lipinski definition) is 0. The molecule has 0 N–H and O–H groups in total. The Balaban J connectivity index is 3.06. The molecule has 0 aliphatic carbocycles. The third kappa shape index (κ3) is 4.60. The van der Waals surface area contributed by atoms with Crippen LogP contribution in [0.25, 0.3) is 0 Å². The van der Waals surface area contributed by atoms with Crippen molar-refractivity contribution in [2.45, 2.75) is 13.8 Å². The van der Waals surface area contributed by atoms with Crippen molar-refractivity contribution in [3.05, 3.63) is 0 Å². The molecule has 0 fully saturated rings. The summed E-state index contributed by atoms with van der Waals surface area (Å²) in [6.45, 7) is 5.10. The lowest BCUT2D eigenvalue weighted by atomic mass is 10.9. The highest BCUT2D eigenvalue weighted by atomic mass is 32.4. The molecule has 0 aromatic carbocycles. The molecule has 0 aliphatic heterocycles. The van der Waals surface area contributed by atoms with Crippen LogP contribution in [-0.2, 0) is 20.9 Å². The Morgan fingerprint density at radius 2 is 1.62 bits per heavy atom. The number of rotatable bonds is 4. The van der Waals surface area contributed by atoms with Crippen molar-refractivity contribution in [2.24, 2.45) is 0 Å². The summed E-state index contributed by atoms with van der Waals surface area (Å²) in [4.78, 5) is 0. The van der Waals surface area contributed by atoms with Crippen LogP contribution in [0.1, 0.15) is 13.8 Å². The van der Waals surface area contributed by atoms with Crippen molar-refractivity contribution in [2.75, 3.05) is 13.2 Å². The van der Waals surface area contributed by atoms with Crippen LogP contribution in [-0.4, -0.2) is 13.2 Å². The zero-order valence-electron chi connectivity index (χ0n) is 5.09. The van der Waals surface area contributed by atoms with Gasteiger partial charge in [0.15, 0.2) is 0 Å². The topological polar surface area (TPSA) is 18.5 Å². The van der Waals surface area contributed by atoms with Gasteiger partial charge < -0.3 is 0 Å². The molecule has 0 aromatic heterocycles. The highest BCUT2D eigenvalue weighted by Gasteiger charge is 2.08. The van der Waals surface area contributed by atoms with Gasteiger partial charge in [0, 0.05) is 0 Å². The van der Waals surface area contributed by atoms with Crippen molar-refractivity contribution in [1.29, 1.82) is 0 Å². The molecule has 0 radical (unpaired) electrons. The first-order valence-corrected chi connectivity index (χ1v) is 4.73. The van der Waals surface area contributed by atoms with E-state index in [9.17, 15) is 0 Å². The van der Waals surface area contributed by atoms with E-state index in [-0.39, 0.29) is 0 Å². The van der Waals surface area contributed by atoms with E-state index in [4.69, 9.17) is 20.9 Å². The molecule has 0 amide bonds. The Kier molecular flexibility index (Phi) is 5.88. The molecule has 4 heteroatoms. The minimum atomic E-state index is -0.997. The van der Waals surface area contributed by atoms with Gasteiger partial charge >= 0.3 is 7.15 Å². The van der Waals surface area contributed by atoms with Gasteiger partial charge in [0.25, 0.3) is 0 Å². The summed E-state index contributed by atoms with van der Waals surface area (Å²) in [5.41, 5.74) is 0. The van der Waals surface area contributed by atoms with Crippen molar-refractivity contribution in [3.63, 3.8) is 0 Å². The van der Waals surface area contributed by atoms with Crippen molar-refractivity contribution in [1.82, 2.24) is 0 Å². The SMILES string of the molecule is CCO[P+](=S)OCC. The fourth-order valence-electron chi connectivity index (χ4n) is 0.248. The van der Waals surface area contributed by atoms with E-state index in [1.807, 2.05) is 13.8 Å². The standard InChI is InChI=1S/C4H10O2PS/c1-3-5-7(8)6-4-2/h3-4H2,1-2H3/q+1. The van der Waals surface area contributed by atoms with E-state index in [2.05, 4.69) is 0 Å². The third-order valence-electron chi connectivity index (χ3n) is 0.469. The maximum Gasteiger partial charge on any atom is 0.521 e. The fourth-order valence-corrected chi connectivity index (χ4v) is 1.38. The molecule has 0 saturated carbocycles. The van der Waals surface area contributed by atoms with Crippen molar-refractivity contribution >= 4 is 19.0 Å². The molecule has 48 valence electrons. The molecule has 0 atom stereocenters. The Morgan fingerprint density at radius 1 is 1.25 bits per heavy atom. The second kappa shape index (κ2) is 5.57. The van der Waals surface area contributed by atoms with Gasteiger partial charge in [0.05, 0.1) is 0 Å². The molecule has 0 aromatic rings. The van der Waals surface area contributed by atoms with Gasteiger partial charge in [0.1, 0.15) is 13.2 Å². The first-order valence-electron chi connectivity index (χ1n) is 2.54. The summed E-state index contributed by atoms with van der Waals surface area (Å²) in [7, 11) is -0.997. The van der Waals surface area contributed by atoms with Crippen LogP contribution in [0.3, 0.4) is 0 Å². The quantitative estimate of drug-likeness (QED) is 0.574. The lowest BCUT2D eigenvalue weighted by Crippen LogP contribution is -1.81. The maximum atomic E-state index is 4.94. The molecule has 0 bridgehead atoms. The summed E-state index contributed by atoms with van der Waals surface area (Å²) >= 11 is 4.76. The molecule has 0 saturated heterocycles. The Morgan fingerprint density at radius 3 is 1.88 bits per heavy atom. The van der Waals surface area contributed by atoms with E-state index in [1.165, 1.54) is 0 Å². The molecule has 8 heavy (non-hydrogen) atoms. The molecule has 0 aliphatic rings. The molecule has 0 heterocycles. The average molecular weight is 153 g/mol. The van der Waals surface area contributed by atoms with Gasteiger partial charge in [-0.2, -0.15) is 0 Å². The fraction of sp³-hybridized carbons (Fsp3) is 1.00. The van der Waals surface area contributed by atoms with Crippen LogP contribution in [0.4, 0.5) is 0 Å². The van der Waals surface area contributed by atoms with Gasteiger partial charge in [-0.05, 0) is 13.8 Å². The normalized spacial score (nSPS) is 9.25. The monoisotopic (exact) mass is 153 g/mol. The second-order valence-electron chi connectivity index (χ2n) is 1.06. The van der Waals surface area contributed by atoms with E-state index >= 15 is 0 Å². The van der Waals surface area contributed by atoms with Crippen molar-refractivity contribution in [3.8, 4) is 0 Å². The van der Waals surface area contributed by atoms with Crippen LogP contribution in [0.2, 0.25) is 0 Å². The summed E-state index contributed by atoms with van der Waals surface area (Å²) < 4.78 is 9.88. The van der Waals surface area contributed by atoms with Gasteiger partial charge in [-0.25, -0.2) is 0 Å². The molecule has 0 spiro atoms. The largest absolute Gasteiger partial charge is 0.521 e. The molecule has 0 rings (SSSR count). The number of hydrogen-bond acceptors (Lipinski definition) is 3. The van der Waals surface area contributed by atoms with E-state index in [1.54, 1.807) is 0 Å². The lowest BCUT2D eigenvalue weighted by molar-refractivity contribution is 0.286. The Bertz CT molecular complexity index is 68.4. The Hall–Kier alpha value is 0.440. The summed E-state index contributed by atoms with van der Waals surface area (Å²) in [6.07, 6.45) is 0. The molecule has 0 unspecified atom stereocenters. The van der Waals surface area contributed by atoms with E-state index in [0.29, 0.717) is 13.2 Å².